The van der Waals surface area contributed by atoms with Crippen molar-refractivity contribution >= 4 is 5.78 Å². The highest BCUT2D eigenvalue weighted by Gasteiger charge is 2.60. The minimum absolute atomic E-state index is 0.00261. The van der Waals surface area contributed by atoms with E-state index in [-0.39, 0.29) is 5.41 Å². The molecule has 1 aromatic rings. The number of ketones is 1. The highest BCUT2D eigenvalue weighted by molar-refractivity contribution is 5.87. The highest BCUT2D eigenvalue weighted by Crippen LogP contribution is 2.66. The van der Waals surface area contributed by atoms with Crippen molar-refractivity contribution in [2.45, 2.75) is 63.2 Å². The molecule has 0 aromatic heterocycles. The van der Waals surface area contributed by atoms with Gasteiger partial charge < -0.3 is 0 Å². The van der Waals surface area contributed by atoms with E-state index in [0.29, 0.717) is 11.2 Å². The normalized spacial score (nSPS) is 40.3. The summed E-state index contributed by atoms with van der Waals surface area (Å²) >= 11 is 0. The maximum atomic E-state index is 13.5. The van der Waals surface area contributed by atoms with Gasteiger partial charge in [-0.25, -0.2) is 0 Å². The van der Waals surface area contributed by atoms with Gasteiger partial charge in [0, 0.05) is 5.41 Å². The number of hydrogen-bond acceptors (Lipinski definition) is 2. The summed E-state index contributed by atoms with van der Waals surface area (Å²) in [7, 11) is 0. The Kier molecular flexibility index (Phi) is 3.82. The minimum atomic E-state index is -0.00261. The standard InChI is InChI=1S/C23H31NO/c25-21(16-24-9-5-2-6-10-24)23-14-18-11-19(15-23)13-22(12-18,17-23)20-7-3-1-4-8-20/h1,3-4,7-8,18-19H,2,5-6,9-17H2/t18-,19+,22?,23?. The lowest BCUT2D eigenvalue weighted by Gasteiger charge is -2.62. The number of carbonyl (C=O) groups is 1. The van der Waals surface area contributed by atoms with Crippen LogP contribution in [0.3, 0.4) is 0 Å². The van der Waals surface area contributed by atoms with Crippen LogP contribution in [0.25, 0.3) is 0 Å². The van der Waals surface area contributed by atoms with Crippen LogP contribution in [0.4, 0.5) is 0 Å². The largest absolute Gasteiger partial charge is 0.298 e. The van der Waals surface area contributed by atoms with Gasteiger partial charge in [-0.05, 0) is 87.3 Å². The van der Waals surface area contributed by atoms with Gasteiger partial charge in [0.05, 0.1) is 6.54 Å². The van der Waals surface area contributed by atoms with Crippen molar-refractivity contribution in [3.63, 3.8) is 0 Å². The summed E-state index contributed by atoms with van der Waals surface area (Å²) in [5, 5.41) is 0. The Morgan fingerprint density at radius 1 is 0.960 bits per heavy atom. The lowest BCUT2D eigenvalue weighted by Crippen LogP contribution is -2.58. The van der Waals surface area contributed by atoms with E-state index in [0.717, 1.165) is 37.9 Å². The van der Waals surface area contributed by atoms with Crippen LogP contribution >= 0.6 is 0 Å². The Hall–Kier alpha value is -1.15. The summed E-state index contributed by atoms with van der Waals surface area (Å²) in [6, 6.07) is 11.2. The average Bonchev–Trinajstić information content (AvgIpc) is 2.62. The van der Waals surface area contributed by atoms with E-state index < -0.39 is 0 Å². The predicted octanol–water partition coefficient (Wildman–Crippen LogP) is 4.58. The van der Waals surface area contributed by atoms with Crippen molar-refractivity contribution in [3.05, 3.63) is 35.9 Å². The molecule has 5 aliphatic rings. The van der Waals surface area contributed by atoms with Crippen LogP contribution in [-0.2, 0) is 10.2 Å². The fourth-order valence-electron chi connectivity index (χ4n) is 7.21. The zero-order chi connectivity index (χ0) is 16.9. The van der Waals surface area contributed by atoms with Crippen LogP contribution in [0.15, 0.2) is 30.3 Å². The molecular weight excluding hydrogens is 306 g/mol. The molecule has 4 atom stereocenters. The lowest BCUT2D eigenvalue weighted by atomic mass is 9.42. The molecule has 2 unspecified atom stereocenters. The zero-order valence-corrected chi connectivity index (χ0v) is 15.4. The maximum absolute atomic E-state index is 13.5. The summed E-state index contributed by atoms with van der Waals surface area (Å²) in [6.07, 6.45) is 11.4. The van der Waals surface area contributed by atoms with Gasteiger partial charge in [-0.2, -0.15) is 0 Å². The van der Waals surface area contributed by atoms with Gasteiger partial charge in [0.25, 0.3) is 0 Å². The Bertz CT molecular complexity index is 631. The van der Waals surface area contributed by atoms with Crippen molar-refractivity contribution in [3.8, 4) is 0 Å². The van der Waals surface area contributed by atoms with Crippen LogP contribution < -0.4 is 0 Å². The minimum Gasteiger partial charge on any atom is -0.298 e. The van der Waals surface area contributed by atoms with Gasteiger partial charge in [-0.15, -0.1) is 0 Å². The number of carbonyl (C=O) groups excluding carboxylic acids is 1. The molecule has 4 bridgehead atoms. The number of piperidine rings is 1. The number of likely N-dealkylation sites (tertiary alicyclic amines) is 1. The van der Waals surface area contributed by atoms with Crippen molar-refractivity contribution in [1.82, 2.24) is 4.90 Å². The van der Waals surface area contributed by atoms with Crippen LogP contribution in [0, 0.1) is 17.3 Å². The number of nitrogens with zero attached hydrogens (tertiary/aromatic N) is 1. The summed E-state index contributed by atoms with van der Waals surface area (Å²) in [5.41, 5.74) is 1.81. The van der Waals surface area contributed by atoms with Crippen molar-refractivity contribution in [1.29, 1.82) is 0 Å². The predicted molar refractivity (Wildman–Crippen MR) is 101 cm³/mol. The molecule has 1 aromatic carbocycles. The smallest absolute Gasteiger partial charge is 0.153 e. The summed E-state index contributed by atoms with van der Waals surface area (Å²) in [5.74, 6) is 2.15. The fraction of sp³-hybridized carbons (Fsp3) is 0.696. The van der Waals surface area contributed by atoms with E-state index in [1.807, 2.05) is 0 Å². The number of hydrogen-bond donors (Lipinski definition) is 0. The molecule has 1 saturated heterocycles. The molecule has 0 amide bonds. The quantitative estimate of drug-likeness (QED) is 0.801. The molecule has 0 radical (unpaired) electrons. The molecule has 5 fully saturated rings. The summed E-state index contributed by atoms with van der Waals surface area (Å²) in [4.78, 5) is 15.9. The second-order valence-corrected chi connectivity index (χ2v) is 9.65. The first-order valence-electron chi connectivity index (χ1n) is 10.5. The number of rotatable bonds is 4. The monoisotopic (exact) mass is 337 g/mol. The number of benzene rings is 1. The maximum Gasteiger partial charge on any atom is 0.153 e. The molecule has 1 heterocycles. The lowest BCUT2D eigenvalue weighted by molar-refractivity contribution is -0.148. The zero-order valence-electron chi connectivity index (χ0n) is 15.4. The van der Waals surface area contributed by atoms with Gasteiger partial charge >= 0.3 is 0 Å². The Morgan fingerprint density at radius 2 is 1.64 bits per heavy atom. The van der Waals surface area contributed by atoms with Crippen LogP contribution in [-0.4, -0.2) is 30.3 Å². The van der Waals surface area contributed by atoms with E-state index in [2.05, 4.69) is 35.2 Å². The number of Topliss-reactive ketones (excluding diaryl/α,β-unsaturated/α-hetero) is 1. The highest BCUT2D eigenvalue weighted by atomic mass is 16.1. The molecule has 25 heavy (non-hydrogen) atoms. The van der Waals surface area contributed by atoms with Gasteiger partial charge in [0.2, 0.25) is 0 Å². The first-order chi connectivity index (χ1) is 12.2. The van der Waals surface area contributed by atoms with E-state index in [9.17, 15) is 4.79 Å². The molecule has 1 aliphatic heterocycles. The van der Waals surface area contributed by atoms with Crippen molar-refractivity contribution in [2.24, 2.45) is 17.3 Å². The van der Waals surface area contributed by atoms with Gasteiger partial charge in [0.15, 0.2) is 5.78 Å². The summed E-state index contributed by atoms with van der Waals surface area (Å²) < 4.78 is 0. The van der Waals surface area contributed by atoms with E-state index in [1.165, 1.54) is 56.9 Å². The second kappa shape index (κ2) is 5.94. The van der Waals surface area contributed by atoms with Gasteiger partial charge in [0.1, 0.15) is 0 Å². The Balaban J connectivity index is 1.43. The molecule has 0 N–H and O–H groups in total. The van der Waals surface area contributed by atoms with E-state index in [1.54, 1.807) is 0 Å². The van der Waals surface area contributed by atoms with E-state index >= 15 is 0 Å². The SMILES string of the molecule is O=C(CN1CCCCC1)C12C[C@H]3C[C@@H](C1)CC(c1ccccc1)(C3)C2. The molecule has 0 spiro atoms. The molecule has 134 valence electrons. The summed E-state index contributed by atoms with van der Waals surface area (Å²) in [6.45, 7) is 3.00. The van der Waals surface area contributed by atoms with Crippen LogP contribution in [0.5, 0.6) is 0 Å². The Labute approximate surface area is 152 Å². The molecule has 2 nitrogen and oxygen atoms in total. The molecule has 4 saturated carbocycles. The third-order valence-corrected chi connectivity index (χ3v) is 7.85. The van der Waals surface area contributed by atoms with Crippen molar-refractivity contribution < 1.29 is 4.79 Å². The second-order valence-electron chi connectivity index (χ2n) is 9.65. The molecule has 6 rings (SSSR count). The third kappa shape index (κ3) is 2.68. The van der Waals surface area contributed by atoms with Gasteiger partial charge in [-0.1, -0.05) is 36.8 Å². The fourth-order valence-corrected chi connectivity index (χ4v) is 7.21. The van der Waals surface area contributed by atoms with Crippen LogP contribution in [0.1, 0.15) is 63.4 Å². The molecular formula is C23H31NO. The third-order valence-electron chi connectivity index (χ3n) is 7.85. The first-order valence-corrected chi connectivity index (χ1v) is 10.5. The Morgan fingerprint density at radius 3 is 2.32 bits per heavy atom. The van der Waals surface area contributed by atoms with Gasteiger partial charge in [-0.3, -0.25) is 9.69 Å². The first kappa shape index (κ1) is 16.1. The topological polar surface area (TPSA) is 20.3 Å². The van der Waals surface area contributed by atoms with E-state index in [4.69, 9.17) is 0 Å². The van der Waals surface area contributed by atoms with Crippen molar-refractivity contribution in [2.75, 3.05) is 19.6 Å². The molecule has 2 heteroatoms. The molecule has 4 aliphatic carbocycles. The average molecular weight is 338 g/mol. The van der Waals surface area contributed by atoms with Crippen LogP contribution in [0.2, 0.25) is 0 Å².